The molecule has 1 atom stereocenters. The number of likely N-dealkylation sites (tertiary alicyclic amines) is 1. The van der Waals surface area contributed by atoms with Gasteiger partial charge in [-0.3, -0.25) is 4.79 Å². The molecule has 1 aromatic rings. The van der Waals surface area contributed by atoms with E-state index in [9.17, 15) is 14.7 Å². The zero-order chi connectivity index (χ0) is 19.4. The van der Waals surface area contributed by atoms with Crippen molar-refractivity contribution in [1.82, 2.24) is 9.80 Å². The van der Waals surface area contributed by atoms with Gasteiger partial charge in [0.2, 0.25) is 0 Å². The number of hydrogen-bond acceptors (Lipinski definition) is 5. The van der Waals surface area contributed by atoms with Crippen LogP contribution in [0.5, 0.6) is 11.5 Å². The summed E-state index contributed by atoms with van der Waals surface area (Å²) in [6.07, 6.45) is 3.02. The topological polar surface area (TPSA) is 79.3 Å². The van der Waals surface area contributed by atoms with E-state index in [0.717, 1.165) is 12.8 Å². The number of piperidine rings is 1. The van der Waals surface area contributed by atoms with Crippen molar-refractivity contribution in [3.05, 3.63) is 24.3 Å². The van der Waals surface area contributed by atoms with Crippen molar-refractivity contribution >= 4 is 12.0 Å². The molecule has 0 bridgehead atoms. The van der Waals surface area contributed by atoms with Crippen LogP contribution in [0.1, 0.15) is 39.5 Å². The fraction of sp³-hybridized carbons (Fsp3) is 0.600. The number of rotatable bonds is 6. The van der Waals surface area contributed by atoms with Gasteiger partial charge >= 0.3 is 6.09 Å². The summed E-state index contributed by atoms with van der Waals surface area (Å²) < 4.78 is 11.2. The summed E-state index contributed by atoms with van der Waals surface area (Å²) in [6, 6.07) is 6.75. The van der Waals surface area contributed by atoms with Crippen LogP contribution in [-0.4, -0.2) is 64.8 Å². The number of carbonyl (C=O) groups excluding carboxylic acids is 2. The van der Waals surface area contributed by atoms with Crippen LogP contribution in [0.2, 0.25) is 0 Å². The number of nitrogens with zero attached hydrogens (tertiary/aromatic N) is 2. The van der Waals surface area contributed by atoms with Gasteiger partial charge in [-0.2, -0.15) is 0 Å². The maximum Gasteiger partial charge on any atom is 0.410 e. The first-order chi connectivity index (χ1) is 12.9. The molecule has 0 radical (unpaired) electrons. The number of amides is 2. The first kappa shape index (κ1) is 19.3. The van der Waals surface area contributed by atoms with E-state index < -0.39 is 5.60 Å². The van der Waals surface area contributed by atoms with E-state index in [1.54, 1.807) is 23.1 Å². The van der Waals surface area contributed by atoms with Gasteiger partial charge in [0.1, 0.15) is 5.60 Å². The van der Waals surface area contributed by atoms with E-state index in [4.69, 9.17) is 9.47 Å². The van der Waals surface area contributed by atoms with Crippen LogP contribution in [0, 0.1) is 0 Å². The number of benzene rings is 1. The summed E-state index contributed by atoms with van der Waals surface area (Å²) in [5, 5.41) is 9.70. The molecule has 7 heteroatoms. The minimum absolute atomic E-state index is 0.0158. The summed E-state index contributed by atoms with van der Waals surface area (Å²) in [5.41, 5.74) is -0.478. The lowest BCUT2D eigenvalue weighted by Crippen LogP contribution is -2.50. The minimum Gasteiger partial charge on any atom is -0.504 e. The standard InChI is InChI=1S/C20H28N2O5/c1-3-6-15(2)22-14-20(27-19(22)25)9-11-21(12-10-20)18(24)13-26-17-8-5-4-7-16(17)23/h4-5,7-8,15,23H,3,6,9-14H2,1-2H3/t15-/m1/s1. The van der Waals surface area contributed by atoms with E-state index in [1.165, 1.54) is 6.07 Å². The van der Waals surface area contributed by atoms with Crippen LogP contribution in [0.3, 0.4) is 0 Å². The molecule has 2 aliphatic rings. The molecule has 0 aromatic heterocycles. The van der Waals surface area contributed by atoms with Crippen molar-refractivity contribution in [2.45, 2.75) is 51.2 Å². The van der Waals surface area contributed by atoms with Crippen molar-refractivity contribution in [3.8, 4) is 11.5 Å². The number of phenols is 1. The number of aromatic hydroxyl groups is 1. The minimum atomic E-state index is -0.478. The van der Waals surface area contributed by atoms with E-state index in [0.29, 0.717) is 38.2 Å². The molecule has 2 amide bonds. The monoisotopic (exact) mass is 376 g/mol. The quantitative estimate of drug-likeness (QED) is 0.826. The molecule has 0 unspecified atom stereocenters. The molecule has 1 aromatic carbocycles. The Kier molecular flexibility index (Phi) is 5.77. The molecular formula is C20H28N2O5. The maximum atomic E-state index is 12.4. The van der Waals surface area contributed by atoms with Gasteiger partial charge in [0.05, 0.1) is 6.54 Å². The molecule has 7 nitrogen and oxygen atoms in total. The Labute approximate surface area is 159 Å². The lowest BCUT2D eigenvalue weighted by atomic mass is 9.91. The Hall–Kier alpha value is -2.44. The van der Waals surface area contributed by atoms with Gasteiger partial charge in [0.25, 0.3) is 5.91 Å². The third-order valence-electron chi connectivity index (χ3n) is 5.48. The summed E-state index contributed by atoms with van der Waals surface area (Å²) in [5.74, 6) is 0.181. The second kappa shape index (κ2) is 8.06. The van der Waals surface area contributed by atoms with Crippen LogP contribution in [0.4, 0.5) is 4.79 Å². The molecule has 2 fully saturated rings. The highest BCUT2D eigenvalue weighted by Crippen LogP contribution is 2.35. The van der Waals surface area contributed by atoms with Crippen molar-refractivity contribution < 1.29 is 24.2 Å². The number of ether oxygens (including phenoxy) is 2. The van der Waals surface area contributed by atoms with E-state index >= 15 is 0 Å². The zero-order valence-electron chi connectivity index (χ0n) is 16.0. The predicted octanol–water partition coefficient (Wildman–Crippen LogP) is 2.77. The molecule has 2 heterocycles. The van der Waals surface area contributed by atoms with Gasteiger partial charge in [0.15, 0.2) is 18.1 Å². The average Bonchev–Trinajstić information content (AvgIpc) is 2.97. The average molecular weight is 376 g/mol. The van der Waals surface area contributed by atoms with Crippen LogP contribution in [0.25, 0.3) is 0 Å². The Balaban J connectivity index is 1.50. The predicted molar refractivity (Wildman–Crippen MR) is 99.7 cm³/mol. The molecular weight excluding hydrogens is 348 g/mol. The van der Waals surface area contributed by atoms with Crippen LogP contribution >= 0.6 is 0 Å². The molecule has 1 N–H and O–H groups in total. The lowest BCUT2D eigenvalue weighted by molar-refractivity contribution is -0.136. The van der Waals surface area contributed by atoms with Crippen LogP contribution < -0.4 is 4.74 Å². The molecule has 148 valence electrons. The normalized spacial score (nSPS) is 19.9. The van der Waals surface area contributed by atoms with Crippen LogP contribution in [-0.2, 0) is 9.53 Å². The van der Waals surface area contributed by atoms with Gasteiger partial charge in [-0.05, 0) is 25.5 Å². The Morgan fingerprint density at radius 3 is 2.70 bits per heavy atom. The highest BCUT2D eigenvalue weighted by Gasteiger charge is 2.48. The van der Waals surface area contributed by atoms with Crippen molar-refractivity contribution in [2.24, 2.45) is 0 Å². The fourth-order valence-corrected chi connectivity index (χ4v) is 3.79. The first-order valence-electron chi connectivity index (χ1n) is 9.62. The van der Waals surface area contributed by atoms with E-state index in [1.807, 2.05) is 4.90 Å². The first-order valence-corrected chi connectivity index (χ1v) is 9.62. The summed E-state index contributed by atoms with van der Waals surface area (Å²) in [7, 11) is 0. The van der Waals surface area contributed by atoms with Gasteiger partial charge in [0, 0.05) is 32.0 Å². The molecule has 0 saturated carbocycles. The second-order valence-corrected chi connectivity index (χ2v) is 7.45. The third-order valence-corrected chi connectivity index (χ3v) is 5.48. The fourth-order valence-electron chi connectivity index (χ4n) is 3.79. The smallest absolute Gasteiger partial charge is 0.410 e. The highest BCUT2D eigenvalue weighted by molar-refractivity contribution is 5.78. The summed E-state index contributed by atoms with van der Waals surface area (Å²) in [4.78, 5) is 28.2. The highest BCUT2D eigenvalue weighted by atomic mass is 16.6. The molecule has 0 aliphatic carbocycles. The Morgan fingerprint density at radius 2 is 2.04 bits per heavy atom. The SMILES string of the molecule is CCC[C@@H](C)N1CC2(CCN(C(=O)COc3ccccc3O)CC2)OC1=O. The summed E-state index contributed by atoms with van der Waals surface area (Å²) >= 11 is 0. The van der Waals surface area contributed by atoms with Crippen molar-refractivity contribution in [1.29, 1.82) is 0 Å². The van der Waals surface area contributed by atoms with Crippen LogP contribution in [0.15, 0.2) is 24.3 Å². The molecule has 3 rings (SSSR count). The van der Waals surface area contributed by atoms with Crippen molar-refractivity contribution in [3.63, 3.8) is 0 Å². The van der Waals surface area contributed by atoms with Gasteiger partial charge in [-0.25, -0.2) is 4.79 Å². The Bertz CT molecular complexity index is 685. The number of hydrogen-bond donors (Lipinski definition) is 1. The molecule has 27 heavy (non-hydrogen) atoms. The van der Waals surface area contributed by atoms with Gasteiger partial charge in [-0.15, -0.1) is 0 Å². The third kappa shape index (κ3) is 4.28. The largest absolute Gasteiger partial charge is 0.504 e. The number of carbonyl (C=O) groups is 2. The maximum absolute atomic E-state index is 12.4. The van der Waals surface area contributed by atoms with Crippen molar-refractivity contribution in [2.75, 3.05) is 26.2 Å². The van der Waals surface area contributed by atoms with E-state index in [-0.39, 0.29) is 30.4 Å². The molecule has 2 aliphatic heterocycles. The van der Waals surface area contributed by atoms with Gasteiger partial charge < -0.3 is 24.4 Å². The lowest BCUT2D eigenvalue weighted by Gasteiger charge is -2.37. The second-order valence-electron chi connectivity index (χ2n) is 7.45. The van der Waals surface area contributed by atoms with Gasteiger partial charge in [-0.1, -0.05) is 25.5 Å². The number of phenolic OH excluding ortho intramolecular Hbond substituents is 1. The molecule has 2 saturated heterocycles. The molecule has 1 spiro atoms. The van der Waals surface area contributed by atoms with E-state index in [2.05, 4.69) is 13.8 Å². The summed E-state index contributed by atoms with van der Waals surface area (Å²) in [6.45, 7) is 5.71. The zero-order valence-corrected chi connectivity index (χ0v) is 16.0. The number of para-hydroxylation sites is 2. The Morgan fingerprint density at radius 1 is 1.33 bits per heavy atom.